The summed E-state index contributed by atoms with van der Waals surface area (Å²) in [4.78, 5) is 0. The fraction of sp³-hybridized carbons (Fsp3) is 0. The van der Waals surface area contributed by atoms with Gasteiger partial charge < -0.3 is 54.4 Å². The number of hydrogen-bond donors (Lipinski definition) is 0. The van der Waals surface area contributed by atoms with Gasteiger partial charge in [-0.25, -0.2) is 0 Å². The first kappa shape index (κ1) is 203. The third-order valence-electron chi connectivity index (χ3n) is 0. The van der Waals surface area contributed by atoms with Crippen LogP contribution in [0.25, 0.3) is 0 Å². The van der Waals surface area contributed by atoms with E-state index in [1.165, 1.54) is 0 Å². The van der Waals surface area contributed by atoms with Crippen LogP contribution in [-0.4, -0.2) is 27.4 Å². The van der Waals surface area contributed by atoms with Crippen molar-refractivity contribution in [2.45, 2.75) is 0 Å². The molecular formula is H10Na2O5S2-2. The first-order valence-corrected chi connectivity index (χ1v) is 0. The molecule has 0 saturated heterocycles. The summed E-state index contributed by atoms with van der Waals surface area (Å²) in [6, 6.07) is 0. The van der Waals surface area contributed by atoms with E-state index < -0.39 is 0 Å². The Morgan fingerprint density at radius 3 is 0.333 bits per heavy atom. The van der Waals surface area contributed by atoms with Crippen molar-refractivity contribution in [3.8, 4) is 0 Å². The van der Waals surface area contributed by atoms with E-state index in [1.807, 2.05) is 0 Å². The molecule has 0 radical (unpaired) electrons. The molecule has 0 aliphatic carbocycles. The van der Waals surface area contributed by atoms with Crippen molar-refractivity contribution in [2.24, 2.45) is 0 Å². The Hall–Kier alpha value is 2.50. The molecule has 0 spiro atoms. The molecule has 0 fully saturated rings. The van der Waals surface area contributed by atoms with Crippen LogP contribution in [0.5, 0.6) is 0 Å². The van der Waals surface area contributed by atoms with Gasteiger partial charge in [0.25, 0.3) is 0 Å². The third kappa shape index (κ3) is 121. The quantitative estimate of drug-likeness (QED) is 0.340. The van der Waals surface area contributed by atoms with Gasteiger partial charge in [0.15, 0.2) is 0 Å². The zero-order valence-electron chi connectivity index (χ0n) is 5.32. The van der Waals surface area contributed by atoms with Crippen LogP contribution in [-0.2, 0) is 27.0 Å². The van der Waals surface area contributed by atoms with Crippen molar-refractivity contribution < 1.29 is 86.5 Å². The molecule has 0 amide bonds. The van der Waals surface area contributed by atoms with Gasteiger partial charge in [-0.1, -0.05) is 0 Å². The Labute approximate surface area is 112 Å². The van der Waals surface area contributed by atoms with Gasteiger partial charge in [-0.2, -0.15) is 0 Å². The molecule has 0 aromatic rings. The summed E-state index contributed by atoms with van der Waals surface area (Å²) in [5.74, 6) is 0. The summed E-state index contributed by atoms with van der Waals surface area (Å²) in [5, 5.41) is 0. The van der Waals surface area contributed by atoms with E-state index in [1.54, 1.807) is 0 Å². The topological polar surface area (TPSA) is 158 Å². The summed E-state index contributed by atoms with van der Waals surface area (Å²) in [6.45, 7) is 0. The average Bonchev–Trinajstić information content (AvgIpc) is 0. The van der Waals surface area contributed by atoms with E-state index in [9.17, 15) is 0 Å². The van der Waals surface area contributed by atoms with Crippen molar-refractivity contribution in [1.82, 2.24) is 0 Å². The zero-order chi connectivity index (χ0) is 0. The van der Waals surface area contributed by atoms with Gasteiger partial charge in [-0.15, -0.1) is 0 Å². The molecule has 0 aromatic heterocycles. The van der Waals surface area contributed by atoms with E-state index in [4.69, 9.17) is 0 Å². The van der Waals surface area contributed by atoms with E-state index in [0.29, 0.717) is 0 Å². The van der Waals surface area contributed by atoms with E-state index in [2.05, 4.69) is 0 Å². The van der Waals surface area contributed by atoms with Crippen LogP contribution in [0.3, 0.4) is 0 Å². The molecule has 10 N–H and O–H groups in total. The zero-order valence-corrected chi connectivity index (χ0v) is 10.9. The van der Waals surface area contributed by atoms with E-state index in [-0.39, 0.29) is 113 Å². The summed E-state index contributed by atoms with van der Waals surface area (Å²) >= 11 is 0. The minimum absolute atomic E-state index is 0. The molecule has 56 valence electrons. The monoisotopic (exact) mass is 200 g/mol. The smallest absolute Gasteiger partial charge is 1.00 e. The van der Waals surface area contributed by atoms with Crippen LogP contribution in [0.1, 0.15) is 0 Å². The number of rotatable bonds is 0. The Bertz CT molecular complexity index is 12.9. The van der Waals surface area contributed by atoms with E-state index >= 15 is 0 Å². The molecule has 0 rings (SSSR count). The van der Waals surface area contributed by atoms with Crippen LogP contribution < -0.4 is 59.1 Å². The molecule has 0 bridgehead atoms. The molecular weight excluding hydrogens is 190 g/mol. The maximum Gasteiger partial charge on any atom is 1.00 e. The molecule has 0 unspecified atom stereocenters. The fourth-order valence-corrected chi connectivity index (χ4v) is 0. The van der Waals surface area contributed by atoms with Crippen LogP contribution in [0.2, 0.25) is 0 Å². The Kier molecular flexibility index (Phi) is 3420. The molecule has 9 heavy (non-hydrogen) atoms. The SMILES string of the molecule is O.O.O.O.O.[Na+].[Na+].[S-2].[S-2]. The normalized spacial score (nSPS) is 0. The Balaban J connectivity index is 0. The summed E-state index contributed by atoms with van der Waals surface area (Å²) in [6.07, 6.45) is 0. The molecule has 0 heterocycles. The third-order valence-corrected chi connectivity index (χ3v) is 0. The van der Waals surface area contributed by atoms with Crippen LogP contribution >= 0.6 is 0 Å². The molecule has 0 saturated carbocycles. The molecule has 0 atom stereocenters. The summed E-state index contributed by atoms with van der Waals surface area (Å²) in [5.41, 5.74) is 0. The molecule has 0 aliphatic heterocycles. The maximum absolute atomic E-state index is 0. The van der Waals surface area contributed by atoms with Crippen LogP contribution in [0.4, 0.5) is 0 Å². The molecule has 0 aliphatic rings. The van der Waals surface area contributed by atoms with Gasteiger partial charge in [0.1, 0.15) is 0 Å². The van der Waals surface area contributed by atoms with Gasteiger partial charge in [-0.3, -0.25) is 0 Å². The minimum Gasteiger partial charge on any atom is -2.00 e. The average molecular weight is 200 g/mol. The van der Waals surface area contributed by atoms with Crippen molar-refractivity contribution in [2.75, 3.05) is 0 Å². The molecule has 0 aromatic carbocycles. The van der Waals surface area contributed by atoms with Gasteiger partial charge in [0.05, 0.1) is 0 Å². The standard InChI is InChI=1S/2Na.5H2O.2S/h;;5*1H2;;/q2*+1;;;;;;2*-2. The second kappa shape index (κ2) is 152. The van der Waals surface area contributed by atoms with Gasteiger partial charge in [-0.05, 0) is 0 Å². The second-order valence-electron chi connectivity index (χ2n) is 0. The first-order chi connectivity index (χ1) is 0. The molecule has 5 nitrogen and oxygen atoms in total. The van der Waals surface area contributed by atoms with Gasteiger partial charge in [0, 0.05) is 0 Å². The Morgan fingerprint density at radius 1 is 0.333 bits per heavy atom. The first-order valence-electron chi connectivity index (χ1n) is 0. The largest absolute Gasteiger partial charge is 2.00 e. The van der Waals surface area contributed by atoms with Crippen LogP contribution in [0.15, 0.2) is 0 Å². The number of hydrogen-bond acceptors (Lipinski definition) is 0. The van der Waals surface area contributed by atoms with Crippen LogP contribution in [0, 0.1) is 0 Å². The second-order valence-corrected chi connectivity index (χ2v) is 0. The van der Waals surface area contributed by atoms with Gasteiger partial charge in [0.2, 0.25) is 0 Å². The predicted octanol–water partition coefficient (Wildman–Crippen LogP) is -10.1. The van der Waals surface area contributed by atoms with Crippen molar-refractivity contribution >= 4 is 27.0 Å². The van der Waals surface area contributed by atoms with Crippen molar-refractivity contribution in [3.63, 3.8) is 0 Å². The van der Waals surface area contributed by atoms with Gasteiger partial charge >= 0.3 is 59.1 Å². The fourth-order valence-electron chi connectivity index (χ4n) is 0. The summed E-state index contributed by atoms with van der Waals surface area (Å²) < 4.78 is 0. The summed E-state index contributed by atoms with van der Waals surface area (Å²) in [7, 11) is 0. The predicted molar refractivity (Wildman–Crippen MR) is 32.8 cm³/mol. The maximum atomic E-state index is 0. The van der Waals surface area contributed by atoms with E-state index in [0.717, 1.165) is 0 Å². The van der Waals surface area contributed by atoms with Crippen molar-refractivity contribution in [3.05, 3.63) is 0 Å². The minimum atomic E-state index is 0. The molecule has 9 heteroatoms. The Morgan fingerprint density at radius 2 is 0.333 bits per heavy atom. The van der Waals surface area contributed by atoms with Crippen molar-refractivity contribution in [1.29, 1.82) is 0 Å².